The van der Waals surface area contributed by atoms with Gasteiger partial charge in [-0.25, -0.2) is 4.39 Å². The van der Waals surface area contributed by atoms with Crippen LogP contribution in [0.4, 0.5) is 4.39 Å². The molecule has 2 rings (SSSR count). The minimum absolute atomic E-state index is 0.0897. The van der Waals surface area contributed by atoms with E-state index in [0.29, 0.717) is 21.4 Å². The Morgan fingerprint density at radius 1 is 1.15 bits per heavy atom. The van der Waals surface area contributed by atoms with E-state index in [1.807, 2.05) is 13.0 Å². The lowest BCUT2D eigenvalue weighted by Gasteiger charge is -2.12. The Bertz CT molecular complexity index is 617. The van der Waals surface area contributed by atoms with Gasteiger partial charge in [-0.1, -0.05) is 35.3 Å². The molecule has 0 spiro atoms. The van der Waals surface area contributed by atoms with E-state index in [2.05, 4.69) is 0 Å². The molecule has 2 aromatic carbocycles. The predicted molar refractivity (Wildman–Crippen MR) is 79.8 cm³/mol. The zero-order chi connectivity index (χ0) is 14.7. The second kappa shape index (κ2) is 6.44. The molecule has 2 aromatic rings. The Balaban J connectivity index is 2.11. The van der Waals surface area contributed by atoms with Crippen molar-refractivity contribution in [3.05, 3.63) is 63.4 Å². The van der Waals surface area contributed by atoms with Gasteiger partial charge in [0.15, 0.2) is 0 Å². The molecule has 0 saturated heterocycles. The maximum absolute atomic E-state index is 12.9. The van der Waals surface area contributed by atoms with Crippen molar-refractivity contribution in [2.45, 2.75) is 19.6 Å². The van der Waals surface area contributed by atoms with E-state index >= 15 is 0 Å². The third-order valence-corrected chi connectivity index (χ3v) is 3.53. The van der Waals surface area contributed by atoms with Gasteiger partial charge in [0.05, 0.1) is 10.0 Å². The van der Waals surface area contributed by atoms with Crippen molar-refractivity contribution < 1.29 is 9.13 Å². The molecule has 106 valence electrons. The molecule has 1 unspecified atom stereocenters. The smallest absolute Gasteiger partial charge is 0.138 e. The van der Waals surface area contributed by atoms with E-state index in [-0.39, 0.29) is 18.5 Å². The molecule has 1 atom stereocenters. The van der Waals surface area contributed by atoms with Crippen LogP contribution in [0.2, 0.25) is 10.0 Å². The highest BCUT2D eigenvalue weighted by molar-refractivity contribution is 6.32. The predicted octanol–water partition coefficient (Wildman–Crippen LogP) is 4.73. The van der Waals surface area contributed by atoms with Gasteiger partial charge in [0.25, 0.3) is 0 Å². The van der Waals surface area contributed by atoms with Crippen LogP contribution in [-0.4, -0.2) is 0 Å². The maximum Gasteiger partial charge on any atom is 0.138 e. The molecule has 20 heavy (non-hydrogen) atoms. The van der Waals surface area contributed by atoms with Crippen molar-refractivity contribution in [1.29, 1.82) is 0 Å². The Kier molecular flexibility index (Phi) is 4.86. The fourth-order valence-electron chi connectivity index (χ4n) is 1.71. The second-order valence-corrected chi connectivity index (χ2v) is 5.32. The fourth-order valence-corrected chi connectivity index (χ4v) is 2.18. The van der Waals surface area contributed by atoms with Crippen LogP contribution in [0, 0.1) is 5.82 Å². The molecule has 0 radical (unpaired) electrons. The highest BCUT2D eigenvalue weighted by Crippen LogP contribution is 2.29. The Morgan fingerprint density at radius 3 is 2.50 bits per heavy atom. The summed E-state index contributed by atoms with van der Waals surface area (Å²) in [5.74, 6) is 0.162. The highest BCUT2D eigenvalue weighted by atomic mass is 35.5. The molecule has 0 fully saturated rings. The Morgan fingerprint density at radius 2 is 1.90 bits per heavy atom. The summed E-state index contributed by atoms with van der Waals surface area (Å²) in [6.07, 6.45) is 0. The van der Waals surface area contributed by atoms with Crippen LogP contribution in [0.15, 0.2) is 36.4 Å². The average molecular weight is 314 g/mol. The van der Waals surface area contributed by atoms with Crippen molar-refractivity contribution >= 4 is 23.2 Å². The highest BCUT2D eigenvalue weighted by Gasteiger charge is 2.08. The molecule has 0 bridgehead atoms. The van der Waals surface area contributed by atoms with Gasteiger partial charge < -0.3 is 10.5 Å². The molecule has 0 saturated carbocycles. The number of rotatable bonds is 4. The lowest BCUT2D eigenvalue weighted by molar-refractivity contribution is 0.306. The molecule has 0 aliphatic carbocycles. The number of nitrogens with two attached hydrogens (primary N) is 1. The van der Waals surface area contributed by atoms with Crippen LogP contribution >= 0.6 is 23.2 Å². The first-order chi connectivity index (χ1) is 9.47. The van der Waals surface area contributed by atoms with Crippen molar-refractivity contribution in [2.75, 3.05) is 0 Å². The summed E-state index contributed by atoms with van der Waals surface area (Å²) in [7, 11) is 0. The standard InChI is InChI=1S/C15H14Cl2FNO/c1-9(19)10-3-5-15(14(17)6-10)20-8-11-2-4-12(18)7-13(11)16/h2-7,9H,8,19H2,1H3. The van der Waals surface area contributed by atoms with Crippen LogP contribution < -0.4 is 10.5 Å². The lowest BCUT2D eigenvalue weighted by atomic mass is 10.1. The monoisotopic (exact) mass is 313 g/mol. The van der Waals surface area contributed by atoms with Gasteiger partial charge in [-0.15, -0.1) is 0 Å². The van der Waals surface area contributed by atoms with Gasteiger partial charge in [0.1, 0.15) is 18.2 Å². The van der Waals surface area contributed by atoms with Crippen LogP contribution in [0.1, 0.15) is 24.1 Å². The first-order valence-electron chi connectivity index (χ1n) is 6.09. The van der Waals surface area contributed by atoms with Gasteiger partial charge in [-0.05, 0) is 36.8 Å². The number of hydrogen-bond acceptors (Lipinski definition) is 2. The van der Waals surface area contributed by atoms with Crippen molar-refractivity contribution in [3.63, 3.8) is 0 Å². The minimum atomic E-state index is -0.377. The minimum Gasteiger partial charge on any atom is -0.487 e. The van der Waals surface area contributed by atoms with E-state index in [1.54, 1.807) is 18.2 Å². The molecule has 0 amide bonds. The van der Waals surface area contributed by atoms with Crippen molar-refractivity contribution in [1.82, 2.24) is 0 Å². The third kappa shape index (κ3) is 3.63. The second-order valence-electron chi connectivity index (χ2n) is 4.50. The Hall–Kier alpha value is -1.29. The zero-order valence-electron chi connectivity index (χ0n) is 10.9. The summed E-state index contributed by atoms with van der Waals surface area (Å²) in [4.78, 5) is 0. The maximum atomic E-state index is 12.9. The normalized spacial score (nSPS) is 12.2. The van der Waals surface area contributed by atoms with E-state index in [4.69, 9.17) is 33.7 Å². The largest absolute Gasteiger partial charge is 0.487 e. The van der Waals surface area contributed by atoms with Gasteiger partial charge >= 0.3 is 0 Å². The first kappa shape index (κ1) is 15.1. The van der Waals surface area contributed by atoms with Gasteiger partial charge in [0, 0.05) is 11.6 Å². The number of benzene rings is 2. The zero-order valence-corrected chi connectivity index (χ0v) is 12.4. The molecule has 0 aliphatic rings. The van der Waals surface area contributed by atoms with Crippen molar-refractivity contribution in [3.8, 4) is 5.75 Å². The van der Waals surface area contributed by atoms with Gasteiger partial charge in [0.2, 0.25) is 0 Å². The van der Waals surface area contributed by atoms with E-state index in [9.17, 15) is 4.39 Å². The average Bonchev–Trinajstić information content (AvgIpc) is 2.38. The molecule has 0 aliphatic heterocycles. The van der Waals surface area contributed by atoms with Gasteiger partial charge in [-0.3, -0.25) is 0 Å². The van der Waals surface area contributed by atoms with Crippen LogP contribution in [0.3, 0.4) is 0 Å². The fraction of sp³-hybridized carbons (Fsp3) is 0.200. The van der Waals surface area contributed by atoms with Crippen molar-refractivity contribution in [2.24, 2.45) is 5.73 Å². The summed E-state index contributed by atoms with van der Waals surface area (Å²) < 4.78 is 18.5. The Labute approximate surface area is 127 Å². The molecular formula is C15H14Cl2FNO. The molecule has 0 aromatic heterocycles. The van der Waals surface area contributed by atoms with E-state index in [1.165, 1.54) is 12.1 Å². The molecule has 2 nitrogen and oxygen atoms in total. The molecule has 0 heterocycles. The topological polar surface area (TPSA) is 35.2 Å². The SMILES string of the molecule is CC(N)c1ccc(OCc2ccc(F)cc2Cl)c(Cl)c1. The molecule has 2 N–H and O–H groups in total. The number of ether oxygens (including phenoxy) is 1. The number of halogens is 3. The van der Waals surface area contributed by atoms with Crippen LogP contribution in [0.25, 0.3) is 0 Å². The molecular weight excluding hydrogens is 300 g/mol. The summed E-state index contributed by atoms with van der Waals surface area (Å²) in [6, 6.07) is 9.48. The first-order valence-corrected chi connectivity index (χ1v) is 6.84. The molecule has 5 heteroatoms. The summed E-state index contributed by atoms with van der Waals surface area (Å²) in [5.41, 5.74) is 7.41. The third-order valence-electron chi connectivity index (χ3n) is 2.88. The quantitative estimate of drug-likeness (QED) is 0.885. The summed E-state index contributed by atoms with van der Waals surface area (Å²) >= 11 is 12.1. The summed E-state index contributed by atoms with van der Waals surface area (Å²) in [5, 5.41) is 0.811. The van der Waals surface area contributed by atoms with E-state index in [0.717, 1.165) is 5.56 Å². The van der Waals surface area contributed by atoms with E-state index < -0.39 is 0 Å². The lowest BCUT2D eigenvalue weighted by Crippen LogP contribution is -2.05. The van der Waals surface area contributed by atoms with Crippen LogP contribution in [0.5, 0.6) is 5.75 Å². The van der Waals surface area contributed by atoms with Crippen LogP contribution in [-0.2, 0) is 6.61 Å². The summed E-state index contributed by atoms with van der Waals surface area (Å²) in [6.45, 7) is 2.10. The number of hydrogen-bond donors (Lipinski definition) is 1. The van der Waals surface area contributed by atoms with Gasteiger partial charge in [-0.2, -0.15) is 0 Å².